The molecule has 0 aromatic carbocycles. The van der Waals surface area contributed by atoms with Gasteiger partial charge in [0.2, 0.25) is 5.91 Å². The first-order valence-corrected chi connectivity index (χ1v) is 4.71. The zero-order chi connectivity index (χ0) is 11.5. The van der Waals surface area contributed by atoms with Crippen LogP contribution in [-0.4, -0.2) is 25.5 Å². The molecule has 0 aliphatic rings. The van der Waals surface area contributed by atoms with E-state index in [0.717, 1.165) is 0 Å². The number of amides is 1. The highest BCUT2D eigenvalue weighted by Crippen LogP contribution is 2.02. The molecule has 84 valence electrons. The van der Waals surface area contributed by atoms with Crippen molar-refractivity contribution in [1.82, 2.24) is 19.6 Å². The molecule has 1 amide bonds. The SMILES string of the molecule is Cn1ccc(NC(=O)Cn2cc(N)cn2)n1. The van der Waals surface area contributed by atoms with Crippen LogP contribution in [-0.2, 0) is 18.4 Å². The monoisotopic (exact) mass is 220 g/mol. The largest absolute Gasteiger partial charge is 0.396 e. The van der Waals surface area contributed by atoms with Crippen LogP contribution in [0.4, 0.5) is 11.5 Å². The number of hydrogen-bond acceptors (Lipinski definition) is 4. The predicted octanol–water partition coefficient (Wildman–Crippen LogP) is -0.163. The molecular formula is C9H12N6O. The summed E-state index contributed by atoms with van der Waals surface area (Å²) in [6.07, 6.45) is 4.84. The molecule has 0 fully saturated rings. The van der Waals surface area contributed by atoms with E-state index in [1.807, 2.05) is 0 Å². The third-order valence-corrected chi connectivity index (χ3v) is 1.94. The summed E-state index contributed by atoms with van der Waals surface area (Å²) >= 11 is 0. The standard InChI is InChI=1S/C9H12N6O/c1-14-3-2-8(13-14)12-9(16)6-15-5-7(10)4-11-15/h2-5H,6,10H2,1H3,(H,12,13,16). The molecule has 0 saturated heterocycles. The van der Waals surface area contributed by atoms with Crippen LogP contribution in [0, 0.1) is 0 Å². The zero-order valence-electron chi connectivity index (χ0n) is 8.79. The van der Waals surface area contributed by atoms with Gasteiger partial charge >= 0.3 is 0 Å². The first kappa shape index (κ1) is 10.2. The Morgan fingerprint density at radius 3 is 3.00 bits per heavy atom. The van der Waals surface area contributed by atoms with Crippen molar-refractivity contribution in [3.63, 3.8) is 0 Å². The number of carbonyl (C=O) groups is 1. The van der Waals surface area contributed by atoms with Gasteiger partial charge in [0.25, 0.3) is 0 Å². The molecule has 0 aliphatic heterocycles. The average molecular weight is 220 g/mol. The molecule has 0 bridgehead atoms. The van der Waals surface area contributed by atoms with Gasteiger partial charge in [0, 0.05) is 25.5 Å². The highest BCUT2D eigenvalue weighted by molar-refractivity contribution is 5.89. The van der Waals surface area contributed by atoms with Gasteiger partial charge in [0.15, 0.2) is 5.82 Å². The number of anilines is 2. The molecule has 0 unspecified atom stereocenters. The molecular weight excluding hydrogens is 208 g/mol. The maximum absolute atomic E-state index is 11.5. The number of rotatable bonds is 3. The maximum Gasteiger partial charge on any atom is 0.247 e. The molecule has 0 radical (unpaired) electrons. The second kappa shape index (κ2) is 4.05. The molecule has 2 heterocycles. The van der Waals surface area contributed by atoms with Gasteiger partial charge in [-0.25, -0.2) is 0 Å². The van der Waals surface area contributed by atoms with Gasteiger partial charge in [-0.1, -0.05) is 0 Å². The van der Waals surface area contributed by atoms with Crippen molar-refractivity contribution < 1.29 is 4.79 Å². The highest BCUT2D eigenvalue weighted by Gasteiger charge is 2.05. The fraction of sp³-hybridized carbons (Fsp3) is 0.222. The quantitative estimate of drug-likeness (QED) is 0.751. The summed E-state index contributed by atoms with van der Waals surface area (Å²) in [7, 11) is 1.78. The first-order valence-electron chi connectivity index (χ1n) is 4.71. The number of nitrogens with one attached hydrogen (secondary N) is 1. The number of aryl methyl sites for hydroxylation is 1. The lowest BCUT2D eigenvalue weighted by atomic mass is 10.5. The molecule has 2 aromatic heterocycles. The van der Waals surface area contributed by atoms with Gasteiger partial charge in [0.05, 0.1) is 11.9 Å². The maximum atomic E-state index is 11.5. The summed E-state index contributed by atoms with van der Waals surface area (Å²) in [5.41, 5.74) is 6.01. The molecule has 0 aliphatic carbocycles. The van der Waals surface area contributed by atoms with Gasteiger partial charge < -0.3 is 11.1 Å². The van der Waals surface area contributed by atoms with Crippen molar-refractivity contribution >= 4 is 17.4 Å². The van der Waals surface area contributed by atoms with Crippen molar-refractivity contribution in [2.75, 3.05) is 11.1 Å². The summed E-state index contributed by atoms with van der Waals surface area (Å²) in [5, 5.41) is 10.6. The minimum atomic E-state index is -0.193. The predicted molar refractivity (Wildman–Crippen MR) is 58.5 cm³/mol. The third kappa shape index (κ3) is 2.38. The van der Waals surface area contributed by atoms with Crippen LogP contribution in [0.1, 0.15) is 0 Å². The smallest absolute Gasteiger partial charge is 0.247 e. The minimum absolute atomic E-state index is 0.119. The van der Waals surface area contributed by atoms with Crippen LogP contribution in [0.3, 0.4) is 0 Å². The van der Waals surface area contributed by atoms with E-state index in [0.29, 0.717) is 11.5 Å². The Morgan fingerprint density at radius 1 is 1.62 bits per heavy atom. The lowest BCUT2D eigenvalue weighted by molar-refractivity contribution is -0.116. The molecule has 0 atom stereocenters. The highest BCUT2D eigenvalue weighted by atomic mass is 16.2. The van der Waals surface area contributed by atoms with Crippen molar-refractivity contribution in [1.29, 1.82) is 0 Å². The van der Waals surface area contributed by atoms with E-state index >= 15 is 0 Å². The van der Waals surface area contributed by atoms with Crippen molar-refractivity contribution in [3.8, 4) is 0 Å². The fourth-order valence-corrected chi connectivity index (χ4v) is 1.28. The molecule has 2 aromatic rings. The molecule has 0 spiro atoms. The van der Waals surface area contributed by atoms with E-state index in [9.17, 15) is 4.79 Å². The topological polar surface area (TPSA) is 90.8 Å². The van der Waals surface area contributed by atoms with E-state index in [4.69, 9.17) is 5.73 Å². The van der Waals surface area contributed by atoms with Crippen molar-refractivity contribution in [2.24, 2.45) is 7.05 Å². The molecule has 16 heavy (non-hydrogen) atoms. The zero-order valence-corrected chi connectivity index (χ0v) is 8.79. The van der Waals surface area contributed by atoms with Crippen LogP contribution in [0.15, 0.2) is 24.7 Å². The van der Waals surface area contributed by atoms with E-state index in [1.165, 1.54) is 10.9 Å². The number of nitrogens with two attached hydrogens (primary N) is 1. The molecule has 0 saturated carbocycles. The second-order valence-electron chi connectivity index (χ2n) is 3.39. The van der Waals surface area contributed by atoms with Gasteiger partial charge in [0.1, 0.15) is 6.54 Å². The Hall–Kier alpha value is -2.31. The Kier molecular flexibility index (Phi) is 2.59. The first-order chi connectivity index (χ1) is 7.63. The van der Waals surface area contributed by atoms with Crippen molar-refractivity contribution in [2.45, 2.75) is 6.54 Å². The van der Waals surface area contributed by atoms with Crippen LogP contribution >= 0.6 is 0 Å². The second-order valence-corrected chi connectivity index (χ2v) is 3.39. The third-order valence-electron chi connectivity index (χ3n) is 1.94. The van der Waals surface area contributed by atoms with Gasteiger partial charge in [-0.15, -0.1) is 0 Å². The lowest BCUT2D eigenvalue weighted by Gasteiger charge is -2.01. The van der Waals surface area contributed by atoms with E-state index < -0.39 is 0 Å². The van der Waals surface area contributed by atoms with E-state index in [1.54, 1.807) is 30.2 Å². The summed E-state index contributed by atoms with van der Waals surface area (Å²) in [4.78, 5) is 11.5. The van der Waals surface area contributed by atoms with Gasteiger partial charge in [-0.05, 0) is 0 Å². The molecule has 3 N–H and O–H groups in total. The van der Waals surface area contributed by atoms with Gasteiger partial charge in [-0.3, -0.25) is 14.2 Å². The lowest BCUT2D eigenvalue weighted by Crippen LogP contribution is -2.19. The summed E-state index contributed by atoms with van der Waals surface area (Å²) < 4.78 is 3.08. The normalized spacial score (nSPS) is 10.3. The summed E-state index contributed by atoms with van der Waals surface area (Å²) in [6.45, 7) is 0.119. The summed E-state index contributed by atoms with van der Waals surface area (Å²) in [5.74, 6) is 0.328. The number of aromatic nitrogens is 4. The van der Waals surface area contributed by atoms with Crippen LogP contribution < -0.4 is 11.1 Å². The minimum Gasteiger partial charge on any atom is -0.396 e. The number of hydrogen-bond donors (Lipinski definition) is 2. The van der Waals surface area contributed by atoms with Crippen LogP contribution in [0.25, 0.3) is 0 Å². The average Bonchev–Trinajstić information content (AvgIpc) is 2.76. The molecule has 2 rings (SSSR count). The number of nitrogen functional groups attached to an aromatic ring is 1. The van der Waals surface area contributed by atoms with Crippen LogP contribution in [0.2, 0.25) is 0 Å². The Labute approximate surface area is 91.8 Å². The number of nitrogens with zero attached hydrogens (tertiary/aromatic N) is 4. The molecule has 7 heteroatoms. The Morgan fingerprint density at radius 2 is 2.44 bits per heavy atom. The molecule has 7 nitrogen and oxygen atoms in total. The van der Waals surface area contributed by atoms with E-state index in [-0.39, 0.29) is 12.5 Å². The Bertz CT molecular complexity index is 455. The number of carbonyl (C=O) groups excluding carboxylic acids is 1. The Balaban J connectivity index is 1.94. The van der Waals surface area contributed by atoms with Crippen molar-refractivity contribution in [3.05, 3.63) is 24.7 Å². The van der Waals surface area contributed by atoms with Crippen LogP contribution in [0.5, 0.6) is 0 Å². The summed E-state index contributed by atoms with van der Waals surface area (Å²) in [6, 6.07) is 1.72. The fourth-order valence-electron chi connectivity index (χ4n) is 1.28. The van der Waals surface area contributed by atoms with Gasteiger partial charge in [-0.2, -0.15) is 10.2 Å². The van der Waals surface area contributed by atoms with E-state index in [2.05, 4.69) is 15.5 Å².